The third-order valence-electron chi connectivity index (χ3n) is 3.39. The molecule has 1 fully saturated rings. The lowest BCUT2D eigenvalue weighted by Crippen LogP contribution is -2.44. The van der Waals surface area contributed by atoms with Crippen molar-refractivity contribution in [3.63, 3.8) is 0 Å². The van der Waals surface area contributed by atoms with E-state index in [1.54, 1.807) is 0 Å². The van der Waals surface area contributed by atoms with Crippen molar-refractivity contribution >= 4 is 28.8 Å². The standard InChI is InChI=1S/C13H19ClN2OS/c1-16-8-4-2-3-5-11(16)13(17)15-9-10-6-7-12(14)18-10/h6-7,11H,2-5,8-9H2,1H3,(H,15,17). The molecule has 0 bridgehead atoms. The Balaban J connectivity index is 1.86. The van der Waals surface area contributed by atoms with Gasteiger partial charge in [0.05, 0.1) is 16.9 Å². The minimum Gasteiger partial charge on any atom is -0.350 e. The summed E-state index contributed by atoms with van der Waals surface area (Å²) in [6.45, 7) is 1.60. The molecule has 18 heavy (non-hydrogen) atoms. The molecule has 1 atom stereocenters. The van der Waals surface area contributed by atoms with Crippen LogP contribution in [0.4, 0.5) is 0 Å². The van der Waals surface area contributed by atoms with Gasteiger partial charge in [-0.25, -0.2) is 0 Å². The number of halogens is 1. The number of rotatable bonds is 3. The third-order valence-corrected chi connectivity index (χ3v) is 4.62. The number of carbonyl (C=O) groups excluding carboxylic acids is 1. The van der Waals surface area contributed by atoms with Gasteiger partial charge in [0, 0.05) is 4.88 Å². The summed E-state index contributed by atoms with van der Waals surface area (Å²) in [4.78, 5) is 15.4. The highest BCUT2D eigenvalue weighted by molar-refractivity contribution is 7.16. The lowest BCUT2D eigenvalue weighted by molar-refractivity contribution is -0.126. The van der Waals surface area contributed by atoms with Crippen molar-refractivity contribution in [3.05, 3.63) is 21.3 Å². The van der Waals surface area contributed by atoms with Crippen molar-refractivity contribution in [1.82, 2.24) is 10.2 Å². The van der Waals surface area contributed by atoms with E-state index in [9.17, 15) is 4.79 Å². The van der Waals surface area contributed by atoms with E-state index in [1.807, 2.05) is 19.2 Å². The number of carbonyl (C=O) groups is 1. The molecule has 100 valence electrons. The summed E-state index contributed by atoms with van der Waals surface area (Å²) in [7, 11) is 2.04. The highest BCUT2D eigenvalue weighted by atomic mass is 35.5. The lowest BCUT2D eigenvalue weighted by atomic mass is 10.1. The molecule has 1 unspecified atom stereocenters. The van der Waals surface area contributed by atoms with Gasteiger partial charge in [-0.1, -0.05) is 24.4 Å². The third kappa shape index (κ3) is 3.70. The molecule has 1 aliphatic rings. The summed E-state index contributed by atoms with van der Waals surface area (Å²) in [5.41, 5.74) is 0. The van der Waals surface area contributed by atoms with Gasteiger partial charge in [-0.3, -0.25) is 9.69 Å². The Labute approximate surface area is 117 Å². The number of amides is 1. The van der Waals surface area contributed by atoms with Gasteiger partial charge in [0.25, 0.3) is 0 Å². The van der Waals surface area contributed by atoms with Crippen molar-refractivity contribution in [2.24, 2.45) is 0 Å². The van der Waals surface area contributed by atoms with E-state index in [1.165, 1.54) is 24.2 Å². The van der Waals surface area contributed by atoms with Crippen LogP contribution in [0.5, 0.6) is 0 Å². The summed E-state index contributed by atoms with van der Waals surface area (Å²) in [6, 6.07) is 3.86. The Morgan fingerprint density at radius 3 is 3.06 bits per heavy atom. The molecule has 3 nitrogen and oxygen atoms in total. The fourth-order valence-electron chi connectivity index (χ4n) is 2.32. The van der Waals surface area contributed by atoms with Crippen LogP contribution < -0.4 is 5.32 Å². The highest BCUT2D eigenvalue weighted by Gasteiger charge is 2.24. The number of thiophene rings is 1. The number of nitrogens with zero attached hydrogens (tertiary/aromatic N) is 1. The minimum atomic E-state index is 0.0305. The van der Waals surface area contributed by atoms with Crippen molar-refractivity contribution in [2.45, 2.75) is 38.3 Å². The largest absolute Gasteiger partial charge is 0.350 e. The molecule has 1 amide bonds. The fourth-order valence-corrected chi connectivity index (χ4v) is 3.35. The molecule has 0 spiro atoms. The molecule has 0 saturated carbocycles. The van der Waals surface area contributed by atoms with Crippen LogP contribution in [0.25, 0.3) is 0 Å². The zero-order chi connectivity index (χ0) is 13.0. The van der Waals surface area contributed by atoms with Gasteiger partial charge < -0.3 is 5.32 Å². The van der Waals surface area contributed by atoms with E-state index in [0.717, 1.165) is 28.6 Å². The van der Waals surface area contributed by atoms with E-state index in [0.29, 0.717) is 6.54 Å². The number of likely N-dealkylation sites (N-methyl/N-ethyl adjacent to an activating group) is 1. The Bertz CT molecular complexity index is 407. The van der Waals surface area contributed by atoms with Gasteiger partial charge in [-0.15, -0.1) is 11.3 Å². The van der Waals surface area contributed by atoms with Gasteiger partial charge >= 0.3 is 0 Å². The molecule has 1 aromatic rings. The van der Waals surface area contributed by atoms with Crippen LogP contribution in [-0.2, 0) is 11.3 Å². The maximum Gasteiger partial charge on any atom is 0.237 e. The topological polar surface area (TPSA) is 32.3 Å². The first-order chi connectivity index (χ1) is 8.66. The second-order valence-electron chi connectivity index (χ2n) is 4.77. The summed E-state index contributed by atoms with van der Waals surface area (Å²) < 4.78 is 0.769. The fraction of sp³-hybridized carbons (Fsp3) is 0.615. The molecule has 1 aliphatic heterocycles. The molecule has 0 aromatic carbocycles. The van der Waals surface area contributed by atoms with Gasteiger partial charge in [-0.05, 0) is 38.6 Å². The second kappa shape index (κ2) is 6.55. The molecule has 5 heteroatoms. The van der Waals surface area contributed by atoms with Crippen LogP contribution in [0.3, 0.4) is 0 Å². The highest BCUT2D eigenvalue weighted by Crippen LogP contribution is 2.21. The van der Waals surface area contributed by atoms with Gasteiger partial charge in [-0.2, -0.15) is 0 Å². The smallest absolute Gasteiger partial charge is 0.237 e. The number of hydrogen-bond acceptors (Lipinski definition) is 3. The van der Waals surface area contributed by atoms with Gasteiger partial charge in [0.15, 0.2) is 0 Å². The average molecular weight is 287 g/mol. The maximum atomic E-state index is 12.2. The molecule has 2 heterocycles. The maximum absolute atomic E-state index is 12.2. The van der Waals surface area contributed by atoms with Gasteiger partial charge in [0.2, 0.25) is 5.91 Å². The predicted octanol–water partition coefficient (Wildman–Crippen LogP) is 2.89. The Hall–Kier alpha value is -0.580. The Kier molecular flexibility index (Phi) is 5.03. The zero-order valence-corrected chi connectivity index (χ0v) is 12.2. The van der Waals surface area contributed by atoms with Crippen LogP contribution in [0.2, 0.25) is 4.34 Å². The molecule has 0 aliphatic carbocycles. The average Bonchev–Trinajstić information content (AvgIpc) is 2.64. The molecule has 0 radical (unpaired) electrons. The van der Waals surface area contributed by atoms with Crippen LogP contribution in [0.1, 0.15) is 30.6 Å². The van der Waals surface area contributed by atoms with Crippen molar-refractivity contribution < 1.29 is 4.79 Å². The van der Waals surface area contributed by atoms with E-state index < -0.39 is 0 Å². The first kappa shape index (κ1) is 13.8. The first-order valence-electron chi connectivity index (χ1n) is 6.39. The van der Waals surface area contributed by atoms with E-state index in [-0.39, 0.29) is 11.9 Å². The van der Waals surface area contributed by atoms with Gasteiger partial charge in [0.1, 0.15) is 0 Å². The molecular weight excluding hydrogens is 268 g/mol. The number of likely N-dealkylation sites (tertiary alicyclic amines) is 1. The summed E-state index contributed by atoms with van der Waals surface area (Å²) >= 11 is 7.39. The van der Waals surface area contributed by atoms with Crippen molar-refractivity contribution in [3.8, 4) is 0 Å². The predicted molar refractivity (Wildman–Crippen MR) is 76.1 cm³/mol. The van der Waals surface area contributed by atoms with Crippen molar-refractivity contribution in [2.75, 3.05) is 13.6 Å². The Morgan fingerprint density at radius 1 is 1.50 bits per heavy atom. The Morgan fingerprint density at radius 2 is 2.33 bits per heavy atom. The monoisotopic (exact) mass is 286 g/mol. The van der Waals surface area contributed by atoms with Crippen LogP contribution in [0.15, 0.2) is 12.1 Å². The summed E-state index contributed by atoms with van der Waals surface area (Å²) in [6.07, 6.45) is 4.54. The molecular formula is C13H19ClN2OS. The quantitative estimate of drug-likeness (QED) is 0.927. The molecule has 2 rings (SSSR count). The van der Waals surface area contributed by atoms with E-state index >= 15 is 0 Å². The van der Waals surface area contributed by atoms with E-state index in [4.69, 9.17) is 11.6 Å². The molecule has 1 saturated heterocycles. The minimum absolute atomic E-state index is 0.0305. The van der Waals surface area contributed by atoms with E-state index in [2.05, 4.69) is 10.2 Å². The van der Waals surface area contributed by atoms with Crippen LogP contribution in [0, 0.1) is 0 Å². The van der Waals surface area contributed by atoms with Crippen LogP contribution >= 0.6 is 22.9 Å². The SMILES string of the molecule is CN1CCCCCC1C(=O)NCc1ccc(Cl)s1. The molecule has 1 N–H and O–H groups in total. The van der Waals surface area contributed by atoms with Crippen LogP contribution in [-0.4, -0.2) is 30.4 Å². The van der Waals surface area contributed by atoms with Crippen molar-refractivity contribution in [1.29, 1.82) is 0 Å². The second-order valence-corrected chi connectivity index (χ2v) is 6.57. The first-order valence-corrected chi connectivity index (χ1v) is 7.58. The number of nitrogens with one attached hydrogen (secondary N) is 1. The molecule has 1 aromatic heterocycles. The normalized spacial score (nSPS) is 21.6. The lowest BCUT2D eigenvalue weighted by Gasteiger charge is -2.24. The summed E-state index contributed by atoms with van der Waals surface area (Å²) in [5.74, 6) is 0.143. The number of hydrogen-bond donors (Lipinski definition) is 1. The zero-order valence-electron chi connectivity index (χ0n) is 10.6. The summed E-state index contributed by atoms with van der Waals surface area (Å²) in [5, 5.41) is 3.01.